The number of nitrogens with zero attached hydrogens (tertiary/aromatic N) is 2. The zero-order chi connectivity index (χ0) is 21.3. The van der Waals surface area contributed by atoms with E-state index in [1.807, 2.05) is 49.4 Å². The van der Waals surface area contributed by atoms with Crippen LogP contribution in [0.15, 0.2) is 70.9 Å². The molecule has 4 rings (SSSR count). The van der Waals surface area contributed by atoms with E-state index >= 15 is 0 Å². The van der Waals surface area contributed by atoms with Crippen molar-refractivity contribution in [3.8, 4) is 0 Å². The van der Waals surface area contributed by atoms with Gasteiger partial charge in [0.15, 0.2) is 5.17 Å². The Morgan fingerprint density at radius 3 is 2.67 bits per heavy atom. The van der Waals surface area contributed by atoms with Gasteiger partial charge in [-0.3, -0.25) is 9.69 Å². The average Bonchev–Trinajstić information content (AvgIpc) is 3.06. The first-order chi connectivity index (χ1) is 14.5. The van der Waals surface area contributed by atoms with Crippen LogP contribution in [0.25, 0.3) is 0 Å². The summed E-state index contributed by atoms with van der Waals surface area (Å²) in [5.74, 6) is -0.533. The molecule has 2 aliphatic heterocycles. The third-order valence-electron chi connectivity index (χ3n) is 5.12. The molecule has 1 amide bonds. The van der Waals surface area contributed by atoms with Gasteiger partial charge in [0.25, 0.3) is 0 Å². The maximum atomic E-state index is 13.2. The van der Waals surface area contributed by atoms with Crippen molar-refractivity contribution in [1.82, 2.24) is 4.90 Å². The highest BCUT2D eigenvalue weighted by Crippen LogP contribution is 2.44. The van der Waals surface area contributed by atoms with Crippen molar-refractivity contribution in [3.63, 3.8) is 0 Å². The van der Waals surface area contributed by atoms with Gasteiger partial charge in [0.1, 0.15) is 6.61 Å². The number of hydrogen-bond acceptors (Lipinski definition) is 5. The molecule has 0 aliphatic carbocycles. The van der Waals surface area contributed by atoms with Gasteiger partial charge in [0, 0.05) is 5.02 Å². The van der Waals surface area contributed by atoms with Crippen LogP contribution in [0.4, 0.5) is 0 Å². The number of rotatable bonds is 5. The molecule has 2 aromatic rings. The molecule has 7 heteroatoms. The van der Waals surface area contributed by atoms with E-state index in [0.29, 0.717) is 27.9 Å². The van der Waals surface area contributed by atoms with Crippen molar-refractivity contribution >= 4 is 40.4 Å². The number of benzene rings is 2. The van der Waals surface area contributed by atoms with E-state index in [1.54, 1.807) is 24.0 Å². The summed E-state index contributed by atoms with van der Waals surface area (Å²) in [4.78, 5) is 32.5. The summed E-state index contributed by atoms with van der Waals surface area (Å²) in [5.41, 5.74) is 2.57. The molecule has 0 bridgehead atoms. The fraction of sp³-hybridized carbons (Fsp3) is 0.261. The Kier molecular flexibility index (Phi) is 5.97. The molecule has 0 spiro atoms. The van der Waals surface area contributed by atoms with Gasteiger partial charge in [0.2, 0.25) is 5.91 Å². The first-order valence-electron chi connectivity index (χ1n) is 9.75. The van der Waals surface area contributed by atoms with E-state index in [9.17, 15) is 9.59 Å². The van der Waals surface area contributed by atoms with Gasteiger partial charge in [-0.25, -0.2) is 9.79 Å². The normalized spacial score (nSPS) is 20.8. The lowest BCUT2D eigenvalue weighted by molar-refractivity contribution is -0.141. The molecule has 0 aromatic heterocycles. The Bertz CT molecular complexity index is 1050. The third-order valence-corrected chi connectivity index (χ3v) is 6.67. The lowest BCUT2D eigenvalue weighted by Crippen LogP contribution is -2.40. The van der Waals surface area contributed by atoms with E-state index in [1.165, 1.54) is 11.8 Å². The van der Waals surface area contributed by atoms with E-state index in [-0.39, 0.29) is 17.8 Å². The molecule has 2 aromatic carbocycles. The largest absolute Gasteiger partial charge is 0.457 e. The monoisotopic (exact) mass is 440 g/mol. The Labute approximate surface area is 184 Å². The van der Waals surface area contributed by atoms with Crippen LogP contribution in [0.3, 0.4) is 0 Å². The topological polar surface area (TPSA) is 59.0 Å². The lowest BCUT2D eigenvalue weighted by atomic mass is 9.94. The van der Waals surface area contributed by atoms with Crippen LogP contribution in [0.5, 0.6) is 0 Å². The summed E-state index contributed by atoms with van der Waals surface area (Å²) >= 11 is 7.67. The highest BCUT2D eigenvalue weighted by atomic mass is 35.5. The van der Waals surface area contributed by atoms with Crippen LogP contribution in [0.1, 0.15) is 37.4 Å². The summed E-state index contributed by atoms with van der Waals surface area (Å²) in [6, 6.07) is 16.1. The molecule has 0 unspecified atom stereocenters. The second-order valence-electron chi connectivity index (χ2n) is 7.14. The van der Waals surface area contributed by atoms with Gasteiger partial charge in [-0.05, 0) is 36.6 Å². The molecule has 30 heavy (non-hydrogen) atoms. The Hall–Kier alpha value is -2.57. The molecule has 2 heterocycles. The van der Waals surface area contributed by atoms with Crippen molar-refractivity contribution in [1.29, 1.82) is 0 Å². The molecule has 1 saturated heterocycles. The summed E-state index contributed by atoms with van der Waals surface area (Å²) < 4.78 is 5.61. The van der Waals surface area contributed by atoms with Gasteiger partial charge < -0.3 is 4.74 Å². The summed E-state index contributed by atoms with van der Waals surface area (Å²) in [5, 5.41) is 0.949. The molecule has 5 nitrogen and oxygen atoms in total. The number of carbonyl (C=O) groups is 2. The minimum atomic E-state index is -0.615. The lowest BCUT2D eigenvalue weighted by Gasteiger charge is -2.33. The van der Waals surface area contributed by atoms with Crippen LogP contribution < -0.4 is 0 Å². The quantitative estimate of drug-likeness (QED) is 0.605. The van der Waals surface area contributed by atoms with Crippen LogP contribution in [-0.2, 0) is 20.9 Å². The molecule has 2 atom stereocenters. The van der Waals surface area contributed by atoms with Crippen molar-refractivity contribution in [2.24, 2.45) is 4.99 Å². The van der Waals surface area contributed by atoms with Gasteiger partial charge >= 0.3 is 5.97 Å². The van der Waals surface area contributed by atoms with Crippen molar-refractivity contribution in [3.05, 3.63) is 82.0 Å². The fourth-order valence-corrected chi connectivity index (χ4v) is 4.98. The predicted molar refractivity (Wildman–Crippen MR) is 119 cm³/mol. The molecule has 0 radical (unpaired) electrons. The highest BCUT2D eigenvalue weighted by Gasteiger charge is 2.47. The minimum absolute atomic E-state index is 0.0490. The van der Waals surface area contributed by atoms with Gasteiger partial charge in [0.05, 0.1) is 22.6 Å². The summed E-state index contributed by atoms with van der Waals surface area (Å²) in [7, 11) is 0. The number of halogens is 1. The number of aliphatic imine (C=N–C) groups is 1. The van der Waals surface area contributed by atoms with Crippen molar-refractivity contribution < 1.29 is 14.3 Å². The second kappa shape index (κ2) is 8.66. The number of ether oxygens (including phenoxy) is 1. The van der Waals surface area contributed by atoms with Crippen LogP contribution in [0.2, 0.25) is 5.02 Å². The number of esters is 1. The smallest absolute Gasteiger partial charge is 0.338 e. The van der Waals surface area contributed by atoms with Gasteiger partial charge in [-0.1, -0.05) is 72.8 Å². The Balaban J connectivity index is 1.72. The van der Waals surface area contributed by atoms with Crippen LogP contribution in [0, 0.1) is 0 Å². The number of hydrogen-bond donors (Lipinski definition) is 0. The van der Waals surface area contributed by atoms with E-state index in [2.05, 4.69) is 4.99 Å². The molecule has 2 aliphatic rings. The summed E-state index contributed by atoms with van der Waals surface area (Å²) in [6.45, 7) is 3.90. The first-order valence-corrected chi connectivity index (χ1v) is 11.0. The summed E-state index contributed by atoms with van der Waals surface area (Å²) in [6.07, 6.45) is 0.689. The molecule has 154 valence electrons. The SMILES string of the molecule is CC[C@@H]1SC2=NC(C)=C(C(=O)OCc3ccccc3)[C@H](c3cccc(Cl)c3)N2C1=O. The zero-order valence-corrected chi connectivity index (χ0v) is 18.2. The zero-order valence-electron chi connectivity index (χ0n) is 16.7. The number of fused-ring (bicyclic) bond motifs is 1. The third kappa shape index (κ3) is 3.89. The number of thioether (sulfide) groups is 1. The first kappa shape index (κ1) is 20.7. The molecule has 0 saturated carbocycles. The maximum absolute atomic E-state index is 13.2. The predicted octanol–water partition coefficient (Wildman–Crippen LogP) is 5.12. The van der Waals surface area contributed by atoms with E-state index in [4.69, 9.17) is 16.3 Å². The Morgan fingerprint density at radius 2 is 1.97 bits per heavy atom. The van der Waals surface area contributed by atoms with Crippen LogP contribution in [-0.4, -0.2) is 27.2 Å². The van der Waals surface area contributed by atoms with E-state index in [0.717, 1.165) is 11.1 Å². The van der Waals surface area contributed by atoms with E-state index < -0.39 is 12.0 Å². The molecule has 0 N–H and O–H groups in total. The highest BCUT2D eigenvalue weighted by molar-refractivity contribution is 8.15. The minimum Gasteiger partial charge on any atom is -0.457 e. The second-order valence-corrected chi connectivity index (χ2v) is 8.74. The fourth-order valence-electron chi connectivity index (χ4n) is 3.64. The number of amides is 1. The number of carbonyl (C=O) groups excluding carboxylic acids is 2. The van der Waals surface area contributed by atoms with Gasteiger partial charge in [-0.2, -0.15) is 0 Å². The molecular weight excluding hydrogens is 420 g/mol. The van der Waals surface area contributed by atoms with Crippen molar-refractivity contribution in [2.75, 3.05) is 0 Å². The average molecular weight is 441 g/mol. The standard InChI is InChI=1S/C23H21ClN2O3S/c1-3-18-21(27)26-20(16-10-7-11-17(24)12-16)19(14(2)25-23(26)30-18)22(28)29-13-15-8-5-4-6-9-15/h4-12,18,20H,3,13H2,1-2H3/t18-,20-/m0/s1. The molecular formula is C23H21ClN2O3S. The number of allylic oxidation sites excluding steroid dienone is 1. The Morgan fingerprint density at radius 1 is 1.20 bits per heavy atom. The van der Waals surface area contributed by atoms with Crippen LogP contribution >= 0.6 is 23.4 Å². The van der Waals surface area contributed by atoms with Gasteiger partial charge in [-0.15, -0.1) is 0 Å². The van der Waals surface area contributed by atoms with Crippen molar-refractivity contribution in [2.45, 2.75) is 38.2 Å². The number of amidine groups is 1. The maximum Gasteiger partial charge on any atom is 0.338 e. The molecule has 1 fully saturated rings.